The van der Waals surface area contributed by atoms with Crippen molar-refractivity contribution in [3.8, 4) is 0 Å². The first kappa shape index (κ1) is 13.0. The number of carbonyl (C=O) groups excluding carboxylic acids is 1. The summed E-state index contributed by atoms with van der Waals surface area (Å²) in [5, 5.41) is 8.00. The maximum Gasteiger partial charge on any atom is 0.164 e. The van der Waals surface area contributed by atoms with E-state index in [0.717, 1.165) is 37.6 Å². The Balaban J connectivity index is 1.55. The summed E-state index contributed by atoms with van der Waals surface area (Å²) in [6.07, 6.45) is 2.32. The van der Waals surface area contributed by atoms with Crippen molar-refractivity contribution in [1.82, 2.24) is 19.7 Å². The number of benzene rings is 1. The van der Waals surface area contributed by atoms with E-state index in [0.29, 0.717) is 6.42 Å². The summed E-state index contributed by atoms with van der Waals surface area (Å²) in [5.41, 5.74) is 1.98. The van der Waals surface area contributed by atoms with Crippen LogP contribution in [0, 0.1) is 6.92 Å². The SMILES string of the molecule is Cc1ccc(C(=O)CCN2CCn3cnnc3C2)cc1. The molecule has 1 aromatic carbocycles. The van der Waals surface area contributed by atoms with E-state index in [1.54, 1.807) is 6.33 Å². The van der Waals surface area contributed by atoms with E-state index < -0.39 is 0 Å². The number of fused-ring (bicyclic) bond motifs is 1. The lowest BCUT2D eigenvalue weighted by molar-refractivity contribution is 0.0955. The van der Waals surface area contributed by atoms with Crippen LogP contribution in [0.4, 0.5) is 0 Å². The average molecular weight is 270 g/mol. The first-order valence-corrected chi connectivity index (χ1v) is 6.91. The predicted octanol–water partition coefficient (Wildman–Crippen LogP) is 1.68. The van der Waals surface area contributed by atoms with Gasteiger partial charge in [0.25, 0.3) is 0 Å². The zero-order valence-electron chi connectivity index (χ0n) is 11.6. The molecule has 2 heterocycles. The lowest BCUT2D eigenvalue weighted by Gasteiger charge is -2.26. The van der Waals surface area contributed by atoms with Crippen LogP contribution in [-0.2, 0) is 13.1 Å². The van der Waals surface area contributed by atoms with Crippen LogP contribution in [0.5, 0.6) is 0 Å². The monoisotopic (exact) mass is 270 g/mol. The van der Waals surface area contributed by atoms with Gasteiger partial charge >= 0.3 is 0 Å². The number of ketones is 1. The molecule has 0 saturated carbocycles. The van der Waals surface area contributed by atoms with Gasteiger partial charge in [0.15, 0.2) is 5.78 Å². The molecular formula is C15H18N4O. The summed E-state index contributed by atoms with van der Waals surface area (Å²) in [4.78, 5) is 14.4. The van der Waals surface area contributed by atoms with E-state index in [9.17, 15) is 4.79 Å². The third-order valence-corrected chi connectivity index (χ3v) is 3.75. The number of hydrogen-bond acceptors (Lipinski definition) is 4. The number of hydrogen-bond donors (Lipinski definition) is 0. The molecule has 0 atom stereocenters. The molecular weight excluding hydrogens is 252 g/mol. The Labute approximate surface area is 118 Å². The Morgan fingerprint density at radius 3 is 2.85 bits per heavy atom. The first-order chi connectivity index (χ1) is 9.72. The van der Waals surface area contributed by atoms with Crippen molar-refractivity contribution < 1.29 is 4.79 Å². The van der Waals surface area contributed by atoms with E-state index in [1.165, 1.54) is 5.56 Å². The molecule has 0 spiro atoms. The molecule has 0 saturated heterocycles. The molecule has 1 aliphatic rings. The van der Waals surface area contributed by atoms with E-state index in [1.807, 2.05) is 31.2 Å². The van der Waals surface area contributed by atoms with Gasteiger partial charge in [-0.2, -0.15) is 0 Å². The molecule has 0 aliphatic carbocycles. The highest BCUT2D eigenvalue weighted by molar-refractivity contribution is 5.96. The van der Waals surface area contributed by atoms with Gasteiger partial charge in [0.1, 0.15) is 12.2 Å². The standard InChI is InChI=1S/C15H18N4O/c1-12-2-4-13(5-3-12)14(20)6-7-18-8-9-19-11-16-17-15(19)10-18/h2-5,11H,6-10H2,1H3. The van der Waals surface area contributed by atoms with Crippen molar-refractivity contribution in [2.45, 2.75) is 26.4 Å². The van der Waals surface area contributed by atoms with Crippen LogP contribution in [0.3, 0.4) is 0 Å². The molecule has 1 aromatic heterocycles. The second-order valence-electron chi connectivity index (χ2n) is 5.26. The lowest BCUT2D eigenvalue weighted by atomic mass is 10.1. The Kier molecular flexibility index (Phi) is 3.60. The Hall–Kier alpha value is -2.01. The maximum atomic E-state index is 12.1. The Morgan fingerprint density at radius 1 is 1.25 bits per heavy atom. The largest absolute Gasteiger partial charge is 0.315 e. The summed E-state index contributed by atoms with van der Waals surface area (Å²) in [6.45, 7) is 5.44. The summed E-state index contributed by atoms with van der Waals surface area (Å²) >= 11 is 0. The number of rotatable bonds is 4. The summed E-state index contributed by atoms with van der Waals surface area (Å²) in [7, 11) is 0. The van der Waals surface area contributed by atoms with Gasteiger partial charge in [0.05, 0.1) is 6.54 Å². The smallest absolute Gasteiger partial charge is 0.164 e. The molecule has 5 heteroatoms. The minimum absolute atomic E-state index is 0.206. The van der Waals surface area contributed by atoms with E-state index in [-0.39, 0.29) is 5.78 Å². The third kappa shape index (κ3) is 2.77. The molecule has 20 heavy (non-hydrogen) atoms. The molecule has 0 radical (unpaired) electrons. The first-order valence-electron chi connectivity index (χ1n) is 6.91. The summed E-state index contributed by atoms with van der Waals surface area (Å²) in [5.74, 6) is 1.19. The summed E-state index contributed by atoms with van der Waals surface area (Å²) < 4.78 is 2.07. The second kappa shape index (κ2) is 5.54. The number of carbonyl (C=O) groups is 1. The molecule has 0 N–H and O–H groups in total. The fraction of sp³-hybridized carbons (Fsp3) is 0.400. The molecule has 1 aliphatic heterocycles. The van der Waals surface area contributed by atoms with Crippen molar-refractivity contribution in [2.24, 2.45) is 0 Å². The normalized spacial score (nSPS) is 15.1. The van der Waals surface area contributed by atoms with Crippen LogP contribution in [0.25, 0.3) is 0 Å². The fourth-order valence-corrected chi connectivity index (χ4v) is 2.45. The van der Waals surface area contributed by atoms with Crippen LogP contribution in [0.15, 0.2) is 30.6 Å². The van der Waals surface area contributed by atoms with Gasteiger partial charge in [-0.1, -0.05) is 29.8 Å². The van der Waals surface area contributed by atoms with Gasteiger partial charge in [-0.05, 0) is 6.92 Å². The minimum Gasteiger partial charge on any atom is -0.315 e. The summed E-state index contributed by atoms with van der Waals surface area (Å²) in [6, 6.07) is 7.78. The molecule has 0 fully saturated rings. The molecule has 3 rings (SSSR count). The van der Waals surface area contributed by atoms with E-state index >= 15 is 0 Å². The number of Topliss-reactive ketones (excluding diaryl/α,β-unsaturated/α-hetero) is 1. The zero-order valence-corrected chi connectivity index (χ0v) is 11.6. The average Bonchev–Trinajstić information content (AvgIpc) is 2.93. The third-order valence-electron chi connectivity index (χ3n) is 3.75. The number of nitrogens with zero attached hydrogens (tertiary/aromatic N) is 4. The molecule has 104 valence electrons. The van der Waals surface area contributed by atoms with Crippen LogP contribution in [-0.4, -0.2) is 38.5 Å². The van der Waals surface area contributed by atoms with E-state index in [4.69, 9.17) is 0 Å². The maximum absolute atomic E-state index is 12.1. The highest BCUT2D eigenvalue weighted by Gasteiger charge is 2.18. The van der Waals surface area contributed by atoms with Crippen LogP contribution < -0.4 is 0 Å². The van der Waals surface area contributed by atoms with Gasteiger partial charge in [-0.3, -0.25) is 9.69 Å². The van der Waals surface area contributed by atoms with Crippen molar-refractivity contribution in [1.29, 1.82) is 0 Å². The van der Waals surface area contributed by atoms with Crippen molar-refractivity contribution in [3.05, 3.63) is 47.5 Å². The second-order valence-corrected chi connectivity index (χ2v) is 5.26. The van der Waals surface area contributed by atoms with Gasteiger partial charge < -0.3 is 4.57 Å². The molecule has 0 unspecified atom stereocenters. The highest BCUT2D eigenvalue weighted by atomic mass is 16.1. The molecule has 0 amide bonds. The Bertz CT molecular complexity index is 603. The highest BCUT2D eigenvalue weighted by Crippen LogP contribution is 2.11. The van der Waals surface area contributed by atoms with Crippen LogP contribution in [0.2, 0.25) is 0 Å². The van der Waals surface area contributed by atoms with E-state index in [2.05, 4.69) is 19.7 Å². The van der Waals surface area contributed by atoms with Crippen molar-refractivity contribution in [2.75, 3.05) is 13.1 Å². The van der Waals surface area contributed by atoms with Gasteiger partial charge in [0.2, 0.25) is 0 Å². The van der Waals surface area contributed by atoms with Crippen LogP contribution in [0.1, 0.15) is 28.2 Å². The van der Waals surface area contributed by atoms with Gasteiger partial charge in [-0.25, -0.2) is 0 Å². The minimum atomic E-state index is 0.206. The Morgan fingerprint density at radius 2 is 2.05 bits per heavy atom. The quantitative estimate of drug-likeness (QED) is 0.793. The van der Waals surface area contributed by atoms with Gasteiger partial charge in [-0.15, -0.1) is 10.2 Å². The number of aryl methyl sites for hydroxylation is 1. The molecule has 2 aromatic rings. The van der Waals surface area contributed by atoms with Crippen LogP contribution >= 0.6 is 0 Å². The van der Waals surface area contributed by atoms with Crippen molar-refractivity contribution >= 4 is 5.78 Å². The fourth-order valence-electron chi connectivity index (χ4n) is 2.45. The zero-order chi connectivity index (χ0) is 13.9. The number of aromatic nitrogens is 3. The lowest BCUT2D eigenvalue weighted by Crippen LogP contribution is -2.35. The molecule has 5 nitrogen and oxygen atoms in total. The van der Waals surface area contributed by atoms with Crippen molar-refractivity contribution in [3.63, 3.8) is 0 Å². The molecule has 0 bridgehead atoms. The predicted molar refractivity (Wildman–Crippen MR) is 75.4 cm³/mol. The topological polar surface area (TPSA) is 51.0 Å². The van der Waals surface area contributed by atoms with Gasteiger partial charge in [0, 0.05) is 31.6 Å².